The van der Waals surface area contributed by atoms with Crippen LogP contribution in [0.5, 0.6) is 0 Å². The van der Waals surface area contributed by atoms with Crippen LogP contribution in [0.2, 0.25) is 10.0 Å². The number of hydrogen-bond donors (Lipinski definition) is 2. The molecule has 0 spiro atoms. The van der Waals surface area contributed by atoms with Crippen molar-refractivity contribution in [2.24, 2.45) is 17.4 Å². The Labute approximate surface area is 116 Å². The van der Waals surface area contributed by atoms with Crippen LogP contribution < -0.4 is 11.5 Å². The van der Waals surface area contributed by atoms with Gasteiger partial charge in [0.2, 0.25) is 5.91 Å². The minimum absolute atomic E-state index is 0. The standard InChI is InChI=1S/C11H12Cl2N2O.ClH/c12-8-2-5-1-6(11(15)16)3-10(14)7(5)4-9(8)13;/h2,4,6,10H,1,3,14H2,(H2,15,16);1H/t6-,10+;/m1./s1. The van der Waals surface area contributed by atoms with Crippen molar-refractivity contribution in [3.05, 3.63) is 33.3 Å². The summed E-state index contributed by atoms with van der Waals surface area (Å²) in [6.45, 7) is 0. The van der Waals surface area contributed by atoms with Gasteiger partial charge in [-0.15, -0.1) is 12.4 Å². The normalized spacial score (nSPS) is 22.5. The third-order valence-electron chi connectivity index (χ3n) is 2.99. The van der Waals surface area contributed by atoms with E-state index in [2.05, 4.69) is 0 Å². The maximum Gasteiger partial charge on any atom is 0.220 e. The molecule has 0 saturated carbocycles. The molecule has 0 fully saturated rings. The molecule has 0 aromatic heterocycles. The number of benzene rings is 1. The summed E-state index contributed by atoms with van der Waals surface area (Å²) in [5, 5.41) is 0.978. The van der Waals surface area contributed by atoms with Gasteiger partial charge in [0.15, 0.2) is 0 Å². The van der Waals surface area contributed by atoms with E-state index >= 15 is 0 Å². The summed E-state index contributed by atoms with van der Waals surface area (Å²) < 4.78 is 0. The summed E-state index contributed by atoms with van der Waals surface area (Å²) in [6.07, 6.45) is 1.16. The molecule has 0 radical (unpaired) electrons. The average Bonchev–Trinajstić information content (AvgIpc) is 2.20. The lowest BCUT2D eigenvalue weighted by atomic mass is 9.81. The molecule has 0 saturated heterocycles. The number of halogens is 3. The predicted octanol–water partition coefficient (Wildman–Crippen LogP) is 2.46. The van der Waals surface area contributed by atoms with Crippen LogP contribution >= 0.6 is 35.6 Å². The van der Waals surface area contributed by atoms with Crippen molar-refractivity contribution in [2.45, 2.75) is 18.9 Å². The molecule has 0 bridgehead atoms. The molecule has 1 aromatic carbocycles. The van der Waals surface area contributed by atoms with E-state index in [1.807, 2.05) is 0 Å². The molecule has 0 aliphatic heterocycles. The summed E-state index contributed by atoms with van der Waals surface area (Å²) in [5.74, 6) is -0.521. The Morgan fingerprint density at radius 1 is 1.29 bits per heavy atom. The fourth-order valence-corrected chi connectivity index (χ4v) is 2.48. The van der Waals surface area contributed by atoms with Gasteiger partial charge in [0.25, 0.3) is 0 Å². The van der Waals surface area contributed by atoms with E-state index in [1.165, 1.54) is 0 Å². The molecular weight excluding hydrogens is 282 g/mol. The first kappa shape index (κ1) is 14.6. The third-order valence-corrected chi connectivity index (χ3v) is 3.71. The maximum atomic E-state index is 11.2. The highest BCUT2D eigenvalue weighted by Crippen LogP contribution is 2.36. The SMILES string of the molecule is Cl.NC(=O)[C@@H]1Cc2cc(Cl)c(Cl)cc2[C@@H](N)C1. The average molecular weight is 296 g/mol. The lowest BCUT2D eigenvalue weighted by molar-refractivity contribution is -0.122. The van der Waals surface area contributed by atoms with E-state index in [-0.39, 0.29) is 30.3 Å². The Hall–Kier alpha value is -0.480. The van der Waals surface area contributed by atoms with Crippen molar-refractivity contribution in [2.75, 3.05) is 0 Å². The Balaban J connectivity index is 0.00000144. The summed E-state index contributed by atoms with van der Waals surface area (Å²) in [7, 11) is 0. The topological polar surface area (TPSA) is 69.1 Å². The Morgan fingerprint density at radius 2 is 1.88 bits per heavy atom. The first-order valence-corrected chi connectivity index (χ1v) is 5.77. The monoisotopic (exact) mass is 294 g/mol. The van der Waals surface area contributed by atoms with E-state index in [0.29, 0.717) is 22.9 Å². The number of nitrogens with two attached hydrogens (primary N) is 2. The van der Waals surface area contributed by atoms with Crippen LogP contribution in [-0.2, 0) is 11.2 Å². The lowest BCUT2D eigenvalue weighted by Crippen LogP contribution is -2.33. The van der Waals surface area contributed by atoms with E-state index < -0.39 is 0 Å². The largest absolute Gasteiger partial charge is 0.369 e. The minimum atomic E-state index is -0.313. The number of hydrogen-bond acceptors (Lipinski definition) is 2. The second kappa shape index (κ2) is 5.44. The van der Waals surface area contributed by atoms with E-state index in [1.54, 1.807) is 12.1 Å². The van der Waals surface area contributed by atoms with Crippen molar-refractivity contribution in [3.63, 3.8) is 0 Å². The van der Waals surface area contributed by atoms with Gasteiger partial charge in [-0.2, -0.15) is 0 Å². The molecule has 1 aromatic rings. The van der Waals surface area contributed by atoms with Crippen LogP contribution in [0.4, 0.5) is 0 Å². The predicted molar refractivity (Wildman–Crippen MR) is 71.6 cm³/mol. The van der Waals surface area contributed by atoms with Gasteiger partial charge >= 0.3 is 0 Å². The molecule has 1 amide bonds. The zero-order valence-electron chi connectivity index (χ0n) is 8.95. The highest BCUT2D eigenvalue weighted by Gasteiger charge is 2.28. The van der Waals surface area contributed by atoms with Crippen LogP contribution in [0.1, 0.15) is 23.6 Å². The second-order valence-corrected chi connectivity index (χ2v) is 4.93. The van der Waals surface area contributed by atoms with Gasteiger partial charge in [-0.25, -0.2) is 0 Å². The van der Waals surface area contributed by atoms with Gasteiger partial charge in [0.1, 0.15) is 0 Å². The van der Waals surface area contributed by atoms with Crippen LogP contribution in [-0.4, -0.2) is 5.91 Å². The first-order valence-electron chi connectivity index (χ1n) is 5.01. The molecule has 0 heterocycles. The van der Waals surface area contributed by atoms with Crippen molar-refractivity contribution in [1.29, 1.82) is 0 Å². The minimum Gasteiger partial charge on any atom is -0.369 e. The van der Waals surface area contributed by atoms with E-state index in [9.17, 15) is 4.79 Å². The molecule has 2 atom stereocenters. The van der Waals surface area contributed by atoms with E-state index in [4.69, 9.17) is 34.7 Å². The number of amides is 1. The van der Waals surface area contributed by atoms with Crippen molar-refractivity contribution >= 4 is 41.5 Å². The van der Waals surface area contributed by atoms with Crippen LogP contribution in [0, 0.1) is 5.92 Å². The van der Waals surface area contributed by atoms with Crippen LogP contribution in [0.3, 0.4) is 0 Å². The number of carbonyl (C=O) groups is 1. The van der Waals surface area contributed by atoms with Gasteiger partial charge in [0, 0.05) is 12.0 Å². The van der Waals surface area contributed by atoms with Gasteiger partial charge in [-0.1, -0.05) is 23.2 Å². The smallest absolute Gasteiger partial charge is 0.220 e. The molecule has 6 heteroatoms. The maximum absolute atomic E-state index is 11.2. The fourth-order valence-electron chi connectivity index (χ4n) is 2.12. The summed E-state index contributed by atoms with van der Waals surface area (Å²) in [4.78, 5) is 11.2. The summed E-state index contributed by atoms with van der Waals surface area (Å²) in [6, 6.07) is 3.35. The zero-order chi connectivity index (χ0) is 11.9. The highest BCUT2D eigenvalue weighted by atomic mass is 35.5. The lowest BCUT2D eigenvalue weighted by Gasteiger charge is -2.28. The second-order valence-electron chi connectivity index (χ2n) is 4.11. The van der Waals surface area contributed by atoms with Crippen LogP contribution in [0.15, 0.2) is 12.1 Å². The van der Waals surface area contributed by atoms with Crippen molar-refractivity contribution in [1.82, 2.24) is 0 Å². The Kier molecular flexibility index (Phi) is 4.67. The number of rotatable bonds is 1. The summed E-state index contributed by atoms with van der Waals surface area (Å²) in [5.41, 5.74) is 13.2. The summed E-state index contributed by atoms with van der Waals surface area (Å²) >= 11 is 11.9. The number of primary amides is 1. The van der Waals surface area contributed by atoms with Crippen molar-refractivity contribution in [3.8, 4) is 0 Å². The molecule has 1 aliphatic carbocycles. The molecule has 2 rings (SSSR count). The molecule has 0 unspecified atom stereocenters. The molecule has 17 heavy (non-hydrogen) atoms. The van der Waals surface area contributed by atoms with Gasteiger partial charge < -0.3 is 11.5 Å². The zero-order valence-corrected chi connectivity index (χ0v) is 11.3. The quantitative estimate of drug-likeness (QED) is 0.835. The Bertz CT molecular complexity index is 451. The highest BCUT2D eigenvalue weighted by molar-refractivity contribution is 6.42. The fraction of sp³-hybridized carbons (Fsp3) is 0.364. The van der Waals surface area contributed by atoms with E-state index in [0.717, 1.165) is 11.1 Å². The molecule has 3 nitrogen and oxygen atoms in total. The van der Waals surface area contributed by atoms with Gasteiger partial charge in [0.05, 0.1) is 10.0 Å². The molecule has 94 valence electrons. The molecule has 1 aliphatic rings. The molecular formula is C11H13Cl3N2O. The number of carbonyl (C=O) groups excluding carboxylic acids is 1. The number of fused-ring (bicyclic) bond motifs is 1. The molecule has 4 N–H and O–H groups in total. The Morgan fingerprint density at radius 3 is 2.47 bits per heavy atom. The van der Waals surface area contributed by atoms with Gasteiger partial charge in [-0.3, -0.25) is 4.79 Å². The van der Waals surface area contributed by atoms with Crippen molar-refractivity contribution < 1.29 is 4.79 Å². The van der Waals surface area contributed by atoms with Gasteiger partial charge in [-0.05, 0) is 36.1 Å². The van der Waals surface area contributed by atoms with Crippen LogP contribution in [0.25, 0.3) is 0 Å². The first-order chi connectivity index (χ1) is 7.49. The third kappa shape index (κ3) is 2.86.